The molecule has 2 aliphatic rings. The second kappa shape index (κ2) is 5.62. The first-order chi connectivity index (χ1) is 9.63. The quantitative estimate of drug-likeness (QED) is 0.870. The second-order valence-electron chi connectivity index (χ2n) is 6.14. The molecule has 2 aliphatic heterocycles. The van der Waals surface area contributed by atoms with E-state index in [-0.39, 0.29) is 17.5 Å². The van der Waals surface area contributed by atoms with Gasteiger partial charge in [0, 0.05) is 37.8 Å². The van der Waals surface area contributed by atoms with Crippen LogP contribution in [0.2, 0.25) is 0 Å². The smallest absolute Gasteiger partial charge is 0.119 e. The molecule has 4 heteroatoms. The van der Waals surface area contributed by atoms with Gasteiger partial charge in [0.15, 0.2) is 0 Å². The highest BCUT2D eigenvalue weighted by Gasteiger charge is 2.31. The standard InChI is InChI=1S/C16H24N2O2/c1-12(13-8-15(19)10-16(20)9-13)18-7-6-17-5-3-2-4-14(17)11-18/h8-10,12,14,19-20H,2-7,11H2,1H3. The molecule has 0 amide bonds. The molecular weight excluding hydrogens is 252 g/mol. The Morgan fingerprint density at radius 3 is 2.55 bits per heavy atom. The summed E-state index contributed by atoms with van der Waals surface area (Å²) in [6.45, 7) is 6.71. The highest BCUT2D eigenvalue weighted by molar-refractivity contribution is 5.38. The number of piperazine rings is 1. The van der Waals surface area contributed by atoms with Crippen LogP contribution in [0.5, 0.6) is 11.5 Å². The van der Waals surface area contributed by atoms with Crippen molar-refractivity contribution < 1.29 is 10.2 Å². The van der Waals surface area contributed by atoms with Gasteiger partial charge >= 0.3 is 0 Å². The van der Waals surface area contributed by atoms with E-state index in [2.05, 4.69) is 16.7 Å². The molecule has 0 spiro atoms. The van der Waals surface area contributed by atoms with Crippen LogP contribution in [-0.4, -0.2) is 52.2 Å². The van der Waals surface area contributed by atoms with Gasteiger partial charge in [0.05, 0.1) is 0 Å². The van der Waals surface area contributed by atoms with Crippen molar-refractivity contribution in [2.45, 2.75) is 38.3 Å². The molecule has 0 radical (unpaired) electrons. The van der Waals surface area contributed by atoms with E-state index in [1.54, 1.807) is 12.1 Å². The summed E-state index contributed by atoms with van der Waals surface area (Å²) >= 11 is 0. The maximum Gasteiger partial charge on any atom is 0.119 e. The number of rotatable bonds is 2. The molecule has 20 heavy (non-hydrogen) atoms. The van der Waals surface area contributed by atoms with Gasteiger partial charge in [-0.3, -0.25) is 9.80 Å². The number of aromatic hydroxyl groups is 2. The van der Waals surface area contributed by atoms with Gasteiger partial charge in [0.1, 0.15) is 11.5 Å². The van der Waals surface area contributed by atoms with Gasteiger partial charge in [0.25, 0.3) is 0 Å². The number of fused-ring (bicyclic) bond motifs is 1. The summed E-state index contributed by atoms with van der Waals surface area (Å²) in [7, 11) is 0. The van der Waals surface area contributed by atoms with Gasteiger partial charge in [-0.15, -0.1) is 0 Å². The Labute approximate surface area is 120 Å². The molecule has 0 saturated carbocycles. The van der Waals surface area contributed by atoms with Crippen LogP contribution in [0.1, 0.15) is 37.8 Å². The molecule has 0 bridgehead atoms. The first-order valence-corrected chi connectivity index (χ1v) is 7.64. The molecule has 110 valence electrons. The van der Waals surface area contributed by atoms with Crippen LogP contribution in [0.4, 0.5) is 0 Å². The van der Waals surface area contributed by atoms with Crippen LogP contribution in [-0.2, 0) is 0 Å². The lowest BCUT2D eigenvalue weighted by Crippen LogP contribution is -2.55. The Morgan fingerprint density at radius 2 is 1.80 bits per heavy atom. The Balaban J connectivity index is 1.72. The SMILES string of the molecule is CC(c1cc(O)cc(O)c1)N1CCN2CCCCC2C1. The van der Waals surface area contributed by atoms with E-state index in [0.717, 1.165) is 25.2 Å². The average Bonchev–Trinajstić information content (AvgIpc) is 2.45. The van der Waals surface area contributed by atoms with E-state index in [0.29, 0.717) is 6.04 Å². The largest absolute Gasteiger partial charge is 0.508 e. The Morgan fingerprint density at radius 1 is 1.05 bits per heavy atom. The van der Waals surface area contributed by atoms with Crippen LogP contribution in [0.15, 0.2) is 18.2 Å². The van der Waals surface area contributed by atoms with Crippen molar-refractivity contribution in [1.82, 2.24) is 9.80 Å². The topological polar surface area (TPSA) is 46.9 Å². The summed E-state index contributed by atoms with van der Waals surface area (Å²) in [5.41, 5.74) is 0.992. The number of benzene rings is 1. The highest BCUT2D eigenvalue weighted by Crippen LogP contribution is 2.31. The molecule has 2 fully saturated rings. The normalized spacial score (nSPS) is 26.1. The third-order valence-electron chi connectivity index (χ3n) is 4.82. The van der Waals surface area contributed by atoms with Gasteiger partial charge in [-0.25, -0.2) is 0 Å². The molecule has 4 nitrogen and oxygen atoms in total. The van der Waals surface area contributed by atoms with Crippen LogP contribution in [0.25, 0.3) is 0 Å². The zero-order chi connectivity index (χ0) is 14.1. The van der Waals surface area contributed by atoms with Crippen LogP contribution >= 0.6 is 0 Å². The Bertz CT molecular complexity index is 457. The molecule has 2 atom stereocenters. The van der Waals surface area contributed by atoms with Gasteiger partial charge in [-0.2, -0.15) is 0 Å². The van der Waals surface area contributed by atoms with E-state index in [1.165, 1.54) is 31.9 Å². The molecule has 2 heterocycles. The average molecular weight is 276 g/mol. The Kier molecular flexibility index (Phi) is 3.85. The van der Waals surface area contributed by atoms with Gasteiger partial charge in [0.2, 0.25) is 0 Å². The van der Waals surface area contributed by atoms with Gasteiger partial charge in [-0.05, 0) is 44.0 Å². The maximum atomic E-state index is 9.64. The number of phenolic OH excluding ortho intramolecular Hbond substituents is 2. The lowest BCUT2D eigenvalue weighted by atomic mass is 9.97. The Hall–Kier alpha value is -1.26. The van der Waals surface area contributed by atoms with E-state index < -0.39 is 0 Å². The summed E-state index contributed by atoms with van der Waals surface area (Å²) in [5.74, 6) is 0.284. The maximum absolute atomic E-state index is 9.64. The fraction of sp³-hybridized carbons (Fsp3) is 0.625. The zero-order valence-corrected chi connectivity index (χ0v) is 12.1. The molecular formula is C16H24N2O2. The fourth-order valence-corrected chi connectivity index (χ4v) is 3.60. The number of nitrogens with zero attached hydrogens (tertiary/aromatic N) is 2. The summed E-state index contributed by atoms with van der Waals surface area (Å²) < 4.78 is 0. The number of hydrogen-bond acceptors (Lipinski definition) is 4. The summed E-state index contributed by atoms with van der Waals surface area (Å²) in [6.07, 6.45) is 3.98. The van der Waals surface area contributed by atoms with Crippen molar-refractivity contribution in [3.8, 4) is 11.5 Å². The number of piperidine rings is 1. The summed E-state index contributed by atoms with van der Waals surface area (Å²) in [4.78, 5) is 5.09. The van der Waals surface area contributed by atoms with E-state index in [1.807, 2.05) is 0 Å². The summed E-state index contributed by atoms with van der Waals surface area (Å²) in [6, 6.07) is 5.83. The first kappa shape index (κ1) is 13.7. The van der Waals surface area contributed by atoms with Crippen molar-refractivity contribution in [3.63, 3.8) is 0 Å². The van der Waals surface area contributed by atoms with Crippen LogP contribution < -0.4 is 0 Å². The van der Waals surface area contributed by atoms with Gasteiger partial charge < -0.3 is 10.2 Å². The second-order valence-corrected chi connectivity index (χ2v) is 6.14. The van der Waals surface area contributed by atoms with Crippen molar-refractivity contribution in [2.24, 2.45) is 0 Å². The monoisotopic (exact) mass is 276 g/mol. The van der Waals surface area contributed by atoms with Crippen LogP contribution in [0, 0.1) is 0 Å². The lowest BCUT2D eigenvalue weighted by Gasteiger charge is -2.46. The minimum absolute atomic E-state index is 0.142. The third-order valence-corrected chi connectivity index (χ3v) is 4.82. The minimum atomic E-state index is 0.142. The lowest BCUT2D eigenvalue weighted by molar-refractivity contribution is 0.0306. The zero-order valence-electron chi connectivity index (χ0n) is 12.1. The molecule has 2 unspecified atom stereocenters. The fourth-order valence-electron chi connectivity index (χ4n) is 3.60. The van der Waals surface area contributed by atoms with Crippen molar-refractivity contribution in [1.29, 1.82) is 0 Å². The van der Waals surface area contributed by atoms with E-state index in [9.17, 15) is 10.2 Å². The molecule has 2 N–H and O–H groups in total. The van der Waals surface area contributed by atoms with Crippen molar-refractivity contribution in [3.05, 3.63) is 23.8 Å². The first-order valence-electron chi connectivity index (χ1n) is 7.64. The molecule has 2 saturated heterocycles. The predicted molar refractivity (Wildman–Crippen MR) is 79.0 cm³/mol. The minimum Gasteiger partial charge on any atom is -0.508 e. The van der Waals surface area contributed by atoms with Crippen molar-refractivity contribution in [2.75, 3.05) is 26.2 Å². The summed E-state index contributed by atoms with van der Waals surface area (Å²) in [5, 5.41) is 19.3. The molecule has 1 aromatic carbocycles. The molecule has 1 aromatic rings. The molecule has 3 rings (SSSR count). The third kappa shape index (κ3) is 2.76. The van der Waals surface area contributed by atoms with E-state index in [4.69, 9.17) is 0 Å². The molecule has 0 aliphatic carbocycles. The molecule has 0 aromatic heterocycles. The highest BCUT2D eigenvalue weighted by atomic mass is 16.3. The predicted octanol–water partition coefficient (Wildman–Crippen LogP) is 2.33. The van der Waals surface area contributed by atoms with E-state index >= 15 is 0 Å². The number of hydrogen-bond donors (Lipinski definition) is 2. The number of phenols is 2. The van der Waals surface area contributed by atoms with Crippen LogP contribution in [0.3, 0.4) is 0 Å². The van der Waals surface area contributed by atoms with Gasteiger partial charge in [-0.1, -0.05) is 6.42 Å². The van der Waals surface area contributed by atoms with Crippen molar-refractivity contribution >= 4 is 0 Å².